The van der Waals surface area contributed by atoms with E-state index in [2.05, 4.69) is 16.0 Å². The third-order valence-electron chi connectivity index (χ3n) is 2.33. The first-order valence-electron chi connectivity index (χ1n) is 5.67. The highest BCUT2D eigenvalue weighted by atomic mass is 16.5. The van der Waals surface area contributed by atoms with Crippen molar-refractivity contribution in [3.8, 4) is 0 Å². The van der Waals surface area contributed by atoms with Gasteiger partial charge in [-0.1, -0.05) is 0 Å². The van der Waals surface area contributed by atoms with Gasteiger partial charge in [0.25, 0.3) is 0 Å². The molecule has 18 heavy (non-hydrogen) atoms. The molecule has 1 fully saturated rings. The number of aliphatic carboxylic acids is 1. The summed E-state index contributed by atoms with van der Waals surface area (Å²) in [5, 5.41) is 16.4. The number of rotatable bonds is 7. The number of amides is 2. The van der Waals surface area contributed by atoms with Gasteiger partial charge >= 0.3 is 5.97 Å². The zero-order valence-corrected chi connectivity index (χ0v) is 9.90. The van der Waals surface area contributed by atoms with Crippen molar-refractivity contribution in [3.05, 3.63) is 0 Å². The number of piperazine rings is 1. The highest BCUT2D eigenvalue weighted by Gasteiger charge is 2.22. The van der Waals surface area contributed by atoms with E-state index in [1.807, 2.05) is 0 Å². The second-order valence-electron chi connectivity index (χ2n) is 3.78. The number of hydrogen-bond acceptors (Lipinski definition) is 5. The Hall–Kier alpha value is -1.67. The SMILES string of the molecule is O=C(O)CCOCCNC(=O)C1CNC(=O)CN1. The fraction of sp³-hybridized carbons (Fsp3) is 0.700. The van der Waals surface area contributed by atoms with E-state index in [1.165, 1.54) is 0 Å². The minimum Gasteiger partial charge on any atom is -0.481 e. The summed E-state index contributed by atoms with van der Waals surface area (Å²) in [5.41, 5.74) is 0. The van der Waals surface area contributed by atoms with Crippen LogP contribution in [0.2, 0.25) is 0 Å². The van der Waals surface area contributed by atoms with Gasteiger partial charge in [-0.25, -0.2) is 0 Å². The Balaban J connectivity index is 2.03. The lowest BCUT2D eigenvalue weighted by molar-refractivity contribution is -0.138. The highest BCUT2D eigenvalue weighted by Crippen LogP contribution is 1.88. The van der Waals surface area contributed by atoms with E-state index < -0.39 is 12.0 Å². The van der Waals surface area contributed by atoms with Gasteiger partial charge in [-0.2, -0.15) is 0 Å². The normalized spacial score (nSPS) is 19.1. The zero-order chi connectivity index (χ0) is 13.4. The molecule has 4 N–H and O–H groups in total. The van der Waals surface area contributed by atoms with E-state index in [0.29, 0.717) is 6.54 Å². The maximum Gasteiger partial charge on any atom is 0.305 e. The van der Waals surface area contributed by atoms with Gasteiger partial charge in [0.15, 0.2) is 0 Å². The van der Waals surface area contributed by atoms with Crippen LogP contribution in [-0.2, 0) is 19.1 Å². The molecule has 0 aromatic carbocycles. The first-order chi connectivity index (χ1) is 8.59. The van der Waals surface area contributed by atoms with Crippen molar-refractivity contribution in [2.24, 2.45) is 0 Å². The van der Waals surface area contributed by atoms with Crippen LogP contribution in [0.1, 0.15) is 6.42 Å². The molecule has 8 heteroatoms. The second-order valence-corrected chi connectivity index (χ2v) is 3.78. The lowest BCUT2D eigenvalue weighted by Gasteiger charge is -2.23. The quantitative estimate of drug-likeness (QED) is 0.381. The Morgan fingerprint density at radius 1 is 1.44 bits per heavy atom. The van der Waals surface area contributed by atoms with Gasteiger partial charge in [0, 0.05) is 13.1 Å². The third kappa shape index (κ3) is 5.60. The molecule has 1 aliphatic rings. The second kappa shape index (κ2) is 7.62. The maximum absolute atomic E-state index is 11.6. The van der Waals surface area contributed by atoms with Crippen LogP contribution in [0.4, 0.5) is 0 Å². The lowest BCUT2D eigenvalue weighted by atomic mass is 10.2. The van der Waals surface area contributed by atoms with Crippen molar-refractivity contribution in [3.63, 3.8) is 0 Å². The van der Waals surface area contributed by atoms with Gasteiger partial charge in [-0.05, 0) is 0 Å². The molecule has 0 radical (unpaired) electrons. The minimum absolute atomic E-state index is 0.0514. The van der Waals surface area contributed by atoms with E-state index in [4.69, 9.17) is 9.84 Å². The van der Waals surface area contributed by atoms with Crippen molar-refractivity contribution in [1.82, 2.24) is 16.0 Å². The molecule has 0 aromatic rings. The summed E-state index contributed by atoms with van der Waals surface area (Å²) in [6.45, 7) is 1.10. The van der Waals surface area contributed by atoms with Gasteiger partial charge in [-0.15, -0.1) is 0 Å². The van der Waals surface area contributed by atoms with Crippen LogP contribution in [0.15, 0.2) is 0 Å². The number of nitrogens with one attached hydrogen (secondary N) is 3. The molecule has 0 saturated carbocycles. The molecule has 1 heterocycles. The topological polar surface area (TPSA) is 117 Å². The van der Waals surface area contributed by atoms with Crippen molar-refractivity contribution >= 4 is 17.8 Å². The van der Waals surface area contributed by atoms with E-state index in [0.717, 1.165) is 0 Å². The Morgan fingerprint density at radius 3 is 2.83 bits per heavy atom. The predicted octanol–water partition coefficient (Wildman–Crippen LogP) is -2.32. The lowest BCUT2D eigenvalue weighted by Crippen LogP contribution is -2.58. The molecule has 0 spiro atoms. The molecule has 102 valence electrons. The molecular weight excluding hydrogens is 242 g/mol. The maximum atomic E-state index is 11.6. The predicted molar refractivity (Wildman–Crippen MR) is 60.9 cm³/mol. The largest absolute Gasteiger partial charge is 0.481 e. The molecule has 0 aromatic heterocycles. The standard InChI is InChI=1S/C10H17N3O5/c14-8-6-12-7(5-13-8)10(17)11-2-4-18-3-1-9(15)16/h7,12H,1-6H2,(H,11,17)(H,13,14)(H,15,16). The van der Waals surface area contributed by atoms with E-state index in [1.54, 1.807) is 0 Å². The number of ether oxygens (including phenoxy) is 1. The van der Waals surface area contributed by atoms with Crippen LogP contribution in [0.3, 0.4) is 0 Å². The van der Waals surface area contributed by atoms with Crippen molar-refractivity contribution in [1.29, 1.82) is 0 Å². The third-order valence-corrected chi connectivity index (χ3v) is 2.33. The average Bonchev–Trinajstić information content (AvgIpc) is 2.34. The van der Waals surface area contributed by atoms with Crippen molar-refractivity contribution in [2.45, 2.75) is 12.5 Å². The molecular formula is C10H17N3O5. The molecule has 8 nitrogen and oxygen atoms in total. The molecule has 0 bridgehead atoms. The molecule has 0 aliphatic carbocycles. The van der Waals surface area contributed by atoms with E-state index >= 15 is 0 Å². The summed E-state index contributed by atoms with van der Waals surface area (Å²) in [4.78, 5) is 32.6. The number of carbonyl (C=O) groups excluding carboxylic acids is 2. The van der Waals surface area contributed by atoms with E-state index in [-0.39, 0.29) is 44.5 Å². The van der Waals surface area contributed by atoms with Crippen LogP contribution < -0.4 is 16.0 Å². The monoisotopic (exact) mass is 259 g/mol. The van der Waals surface area contributed by atoms with Crippen LogP contribution in [0.5, 0.6) is 0 Å². The fourth-order valence-corrected chi connectivity index (χ4v) is 1.38. The molecule has 1 aliphatic heterocycles. The van der Waals surface area contributed by atoms with Crippen molar-refractivity contribution in [2.75, 3.05) is 32.8 Å². The Kier molecular flexibility index (Phi) is 6.09. The molecule has 1 rings (SSSR count). The van der Waals surface area contributed by atoms with E-state index in [9.17, 15) is 14.4 Å². The zero-order valence-electron chi connectivity index (χ0n) is 9.90. The average molecular weight is 259 g/mol. The summed E-state index contributed by atoms with van der Waals surface area (Å²) in [7, 11) is 0. The smallest absolute Gasteiger partial charge is 0.305 e. The Labute approximate surface area is 104 Å². The van der Waals surface area contributed by atoms with Gasteiger partial charge in [0.05, 0.1) is 26.2 Å². The number of carboxylic acid groups (broad SMARTS) is 1. The van der Waals surface area contributed by atoms with Gasteiger partial charge in [-0.3, -0.25) is 19.7 Å². The first kappa shape index (κ1) is 14.4. The van der Waals surface area contributed by atoms with Gasteiger partial charge in [0.2, 0.25) is 11.8 Å². The minimum atomic E-state index is -0.916. The Morgan fingerprint density at radius 2 is 2.22 bits per heavy atom. The summed E-state index contributed by atoms with van der Waals surface area (Å²) in [6, 6.07) is -0.429. The van der Waals surface area contributed by atoms with Gasteiger partial charge < -0.3 is 20.5 Å². The van der Waals surface area contributed by atoms with Crippen molar-refractivity contribution < 1.29 is 24.2 Å². The summed E-state index contributed by atoms with van der Waals surface area (Å²) >= 11 is 0. The van der Waals surface area contributed by atoms with Crippen LogP contribution in [-0.4, -0.2) is 61.8 Å². The molecule has 1 atom stereocenters. The first-order valence-corrected chi connectivity index (χ1v) is 5.67. The number of carbonyl (C=O) groups is 3. The summed E-state index contributed by atoms with van der Waals surface area (Å²) in [5.74, 6) is -1.26. The van der Waals surface area contributed by atoms with Crippen LogP contribution in [0, 0.1) is 0 Å². The highest BCUT2D eigenvalue weighted by molar-refractivity contribution is 5.86. The molecule has 2 amide bonds. The molecule has 1 saturated heterocycles. The summed E-state index contributed by atoms with van der Waals surface area (Å²) in [6.07, 6.45) is -0.0514. The number of hydrogen-bond donors (Lipinski definition) is 4. The van der Waals surface area contributed by atoms with Crippen LogP contribution >= 0.6 is 0 Å². The molecule has 1 unspecified atom stereocenters. The Bertz CT molecular complexity index is 311. The fourth-order valence-electron chi connectivity index (χ4n) is 1.38. The number of carboxylic acids is 1. The van der Waals surface area contributed by atoms with Gasteiger partial charge in [0.1, 0.15) is 6.04 Å². The summed E-state index contributed by atoms with van der Waals surface area (Å²) < 4.78 is 5.01. The van der Waals surface area contributed by atoms with Crippen LogP contribution in [0.25, 0.3) is 0 Å².